The first kappa shape index (κ1) is 16.0. The molecule has 0 radical (unpaired) electrons. The van der Waals surface area contributed by atoms with Crippen LogP contribution < -0.4 is 4.72 Å². The van der Waals surface area contributed by atoms with Crippen LogP contribution >= 0.6 is 23.2 Å². The summed E-state index contributed by atoms with van der Waals surface area (Å²) >= 11 is 11.6. The minimum absolute atomic E-state index is 0.0123. The summed E-state index contributed by atoms with van der Waals surface area (Å²) in [4.78, 5) is -0.0123. The summed E-state index contributed by atoms with van der Waals surface area (Å²) in [6.07, 6.45) is -0.328. The number of benzene rings is 1. The lowest BCUT2D eigenvalue weighted by atomic mass is 10.4. The molecule has 0 amide bonds. The quantitative estimate of drug-likeness (QED) is 0.914. The van der Waals surface area contributed by atoms with Crippen LogP contribution in [-0.2, 0) is 19.5 Å². The maximum absolute atomic E-state index is 12.1. The van der Waals surface area contributed by atoms with Crippen molar-refractivity contribution in [2.75, 3.05) is 13.2 Å². The van der Waals surface area contributed by atoms with E-state index in [1.54, 1.807) is 13.8 Å². The number of sulfonamides is 1. The van der Waals surface area contributed by atoms with Crippen LogP contribution in [0.5, 0.6) is 0 Å². The zero-order valence-corrected chi connectivity index (χ0v) is 13.3. The molecule has 1 N–H and O–H groups in total. The highest BCUT2D eigenvalue weighted by Gasteiger charge is 2.33. The molecule has 0 aliphatic carbocycles. The molecule has 0 spiro atoms. The highest BCUT2D eigenvalue weighted by atomic mass is 35.5. The predicted octanol–water partition coefficient (Wildman–Crippen LogP) is 2.42. The van der Waals surface area contributed by atoms with Crippen molar-refractivity contribution < 1.29 is 17.9 Å². The van der Waals surface area contributed by atoms with Gasteiger partial charge >= 0.3 is 0 Å². The maximum Gasteiger partial charge on any atom is 0.242 e. The molecule has 8 heteroatoms. The van der Waals surface area contributed by atoms with Crippen LogP contribution in [0.2, 0.25) is 10.0 Å². The number of rotatable bonds is 4. The first-order valence-electron chi connectivity index (χ1n) is 5.96. The number of halogens is 2. The molecule has 1 heterocycles. The van der Waals surface area contributed by atoms with E-state index in [0.717, 1.165) is 0 Å². The SMILES string of the molecule is CC1(C)OCC(CNS(=O)(=O)c2ccc(Cl)cc2Cl)O1. The van der Waals surface area contributed by atoms with Gasteiger partial charge in [0, 0.05) is 11.6 Å². The monoisotopic (exact) mass is 339 g/mol. The summed E-state index contributed by atoms with van der Waals surface area (Å²) in [5.41, 5.74) is 0. The molecular weight excluding hydrogens is 325 g/mol. The first-order chi connectivity index (χ1) is 9.20. The van der Waals surface area contributed by atoms with Crippen LogP contribution in [0, 0.1) is 0 Å². The molecule has 0 saturated carbocycles. The molecule has 0 bridgehead atoms. The lowest BCUT2D eigenvalue weighted by Gasteiger charge is -2.17. The van der Waals surface area contributed by atoms with Gasteiger partial charge in [-0.15, -0.1) is 0 Å². The Balaban J connectivity index is 2.05. The minimum atomic E-state index is -3.71. The molecule has 1 unspecified atom stereocenters. The molecule has 1 saturated heterocycles. The zero-order valence-electron chi connectivity index (χ0n) is 11.0. The van der Waals surface area contributed by atoms with E-state index in [1.165, 1.54) is 18.2 Å². The van der Waals surface area contributed by atoms with Gasteiger partial charge in [-0.05, 0) is 32.0 Å². The standard InChI is InChI=1S/C12H15Cl2NO4S/c1-12(2)18-7-9(19-12)6-15-20(16,17)11-4-3-8(13)5-10(11)14/h3-5,9,15H,6-7H2,1-2H3. The Bertz CT molecular complexity index is 603. The third-order valence-corrected chi connectivity index (χ3v) is 4.89. The van der Waals surface area contributed by atoms with Gasteiger partial charge in [0.25, 0.3) is 0 Å². The van der Waals surface area contributed by atoms with E-state index < -0.39 is 15.8 Å². The van der Waals surface area contributed by atoms with E-state index in [2.05, 4.69) is 4.72 Å². The Morgan fingerprint density at radius 3 is 2.65 bits per heavy atom. The molecule has 5 nitrogen and oxygen atoms in total. The Morgan fingerprint density at radius 1 is 1.40 bits per heavy atom. The Hall–Kier alpha value is -0.370. The summed E-state index contributed by atoms with van der Waals surface area (Å²) < 4.78 is 37.6. The number of hydrogen-bond donors (Lipinski definition) is 1. The van der Waals surface area contributed by atoms with Gasteiger partial charge in [-0.2, -0.15) is 0 Å². The Kier molecular flexibility index (Phi) is 4.63. The number of hydrogen-bond acceptors (Lipinski definition) is 4. The van der Waals surface area contributed by atoms with Gasteiger partial charge in [0.2, 0.25) is 10.0 Å². The summed E-state index contributed by atoms with van der Waals surface area (Å²) in [5, 5.41) is 0.456. The van der Waals surface area contributed by atoms with Crippen molar-refractivity contribution >= 4 is 33.2 Å². The van der Waals surface area contributed by atoms with Crippen LogP contribution in [0.25, 0.3) is 0 Å². The molecule has 20 heavy (non-hydrogen) atoms. The van der Waals surface area contributed by atoms with E-state index in [9.17, 15) is 8.42 Å². The second kappa shape index (κ2) is 5.79. The van der Waals surface area contributed by atoms with Gasteiger partial charge in [0.1, 0.15) is 4.90 Å². The lowest BCUT2D eigenvalue weighted by molar-refractivity contribution is -0.137. The van der Waals surface area contributed by atoms with E-state index in [-0.39, 0.29) is 22.6 Å². The molecule has 1 aromatic carbocycles. The van der Waals surface area contributed by atoms with E-state index in [1.807, 2.05) is 0 Å². The predicted molar refractivity (Wildman–Crippen MR) is 76.6 cm³/mol. The smallest absolute Gasteiger partial charge is 0.242 e. The van der Waals surface area contributed by atoms with Crippen LogP contribution in [-0.4, -0.2) is 33.5 Å². The summed E-state index contributed by atoms with van der Waals surface area (Å²) in [6.45, 7) is 4.00. The fourth-order valence-electron chi connectivity index (χ4n) is 1.84. The first-order valence-corrected chi connectivity index (χ1v) is 8.20. The van der Waals surface area contributed by atoms with Gasteiger partial charge in [-0.25, -0.2) is 13.1 Å². The molecule has 1 fully saturated rings. The second-order valence-corrected chi connectivity index (χ2v) is 7.46. The van der Waals surface area contributed by atoms with Gasteiger partial charge in [-0.1, -0.05) is 23.2 Å². The Labute approximate surface area is 128 Å². The lowest BCUT2D eigenvalue weighted by Crippen LogP contribution is -2.34. The molecule has 1 atom stereocenters. The van der Waals surface area contributed by atoms with E-state index >= 15 is 0 Å². The van der Waals surface area contributed by atoms with Crippen molar-refractivity contribution in [1.29, 1.82) is 0 Å². The maximum atomic E-state index is 12.1. The van der Waals surface area contributed by atoms with Crippen molar-refractivity contribution in [1.82, 2.24) is 4.72 Å². The highest BCUT2D eigenvalue weighted by molar-refractivity contribution is 7.89. The normalized spacial score (nSPS) is 22.1. The minimum Gasteiger partial charge on any atom is -0.348 e. The summed E-state index contributed by atoms with van der Waals surface area (Å²) in [7, 11) is -3.71. The fourth-order valence-corrected chi connectivity index (χ4v) is 3.67. The van der Waals surface area contributed by atoms with Crippen LogP contribution in [0.1, 0.15) is 13.8 Å². The summed E-state index contributed by atoms with van der Waals surface area (Å²) in [6, 6.07) is 4.22. The Morgan fingerprint density at radius 2 is 2.10 bits per heavy atom. The van der Waals surface area contributed by atoms with E-state index in [4.69, 9.17) is 32.7 Å². The average Bonchev–Trinajstić information content (AvgIpc) is 2.66. The van der Waals surface area contributed by atoms with Crippen molar-refractivity contribution in [2.45, 2.75) is 30.6 Å². The van der Waals surface area contributed by atoms with Gasteiger partial charge < -0.3 is 9.47 Å². The average molecular weight is 340 g/mol. The zero-order chi connectivity index (χ0) is 15.0. The molecular formula is C12H15Cl2NO4S. The molecule has 2 rings (SSSR count). The van der Waals surface area contributed by atoms with Crippen LogP contribution in [0.4, 0.5) is 0 Å². The summed E-state index contributed by atoms with van der Waals surface area (Å²) in [5.74, 6) is -0.686. The molecule has 1 aliphatic rings. The van der Waals surface area contributed by atoms with Crippen LogP contribution in [0.15, 0.2) is 23.1 Å². The van der Waals surface area contributed by atoms with Crippen molar-refractivity contribution in [2.24, 2.45) is 0 Å². The van der Waals surface area contributed by atoms with Gasteiger partial charge in [0.15, 0.2) is 5.79 Å². The molecule has 112 valence electrons. The highest BCUT2D eigenvalue weighted by Crippen LogP contribution is 2.25. The third kappa shape index (κ3) is 3.84. The van der Waals surface area contributed by atoms with Crippen LogP contribution in [0.3, 0.4) is 0 Å². The van der Waals surface area contributed by atoms with Gasteiger partial charge in [-0.3, -0.25) is 0 Å². The molecule has 1 aliphatic heterocycles. The van der Waals surface area contributed by atoms with Crippen molar-refractivity contribution in [3.8, 4) is 0 Å². The van der Waals surface area contributed by atoms with E-state index in [0.29, 0.717) is 11.6 Å². The fraction of sp³-hybridized carbons (Fsp3) is 0.500. The number of nitrogens with one attached hydrogen (secondary N) is 1. The third-order valence-electron chi connectivity index (χ3n) is 2.75. The van der Waals surface area contributed by atoms with Crippen molar-refractivity contribution in [3.63, 3.8) is 0 Å². The second-order valence-electron chi connectivity index (χ2n) is 4.88. The molecule has 1 aromatic rings. The number of ether oxygens (including phenoxy) is 2. The largest absolute Gasteiger partial charge is 0.348 e. The molecule has 0 aromatic heterocycles. The topological polar surface area (TPSA) is 64.6 Å². The van der Waals surface area contributed by atoms with Gasteiger partial charge in [0.05, 0.1) is 17.7 Å². The van der Waals surface area contributed by atoms with Crippen molar-refractivity contribution in [3.05, 3.63) is 28.2 Å².